The van der Waals surface area contributed by atoms with E-state index < -0.39 is 5.97 Å². The molecule has 0 amide bonds. The predicted molar refractivity (Wildman–Crippen MR) is 62.9 cm³/mol. The number of carbonyl (C=O) groups is 1. The van der Waals surface area contributed by atoms with Gasteiger partial charge in [-0.25, -0.2) is 4.79 Å². The number of carboxylic acids is 1. The van der Waals surface area contributed by atoms with Crippen molar-refractivity contribution < 1.29 is 9.90 Å². The van der Waals surface area contributed by atoms with Gasteiger partial charge in [-0.05, 0) is 24.3 Å². The Labute approximate surface area is 97.7 Å². The van der Waals surface area contributed by atoms with E-state index in [1.165, 1.54) is 0 Å². The minimum absolute atomic E-state index is 0.304. The van der Waals surface area contributed by atoms with Crippen molar-refractivity contribution in [3.8, 4) is 0 Å². The molecule has 0 radical (unpaired) electrons. The number of aromatic nitrogens is 1. The van der Waals surface area contributed by atoms with E-state index >= 15 is 0 Å². The first-order valence-electron chi connectivity index (χ1n) is 4.80. The van der Waals surface area contributed by atoms with Crippen LogP contribution in [0.1, 0.15) is 10.5 Å². The van der Waals surface area contributed by atoms with Crippen LogP contribution in [0.3, 0.4) is 0 Å². The molecule has 82 valence electrons. The van der Waals surface area contributed by atoms with Crippen molar-refractivity contribution in [2.45, 2.75) is 9.92 Å². The fraction of sp³-hybridized carbons (Fsp3) is 0.0833. The quantitative estimate of drug-likeness (QED) is 0.886. The SMILES string of the molecule is Cn1c(Sc2ccccc2)ccc1C(=O)O. The molecule has 0 atom stereocenters. The lowest BCUT2D eigenvalue weighted by Gasteiger charge is -2.04. The van der Waals surface area contributed by atoms with Crippen molar-refractivity contribution in [3.05, 3.63) is 48.2 Å². The number of benzene rings is 1. The van der Waals surface area contributed by atoms with Crippen molar-refractivity contribution in [3.63, 3.8) is 0 Å². The van der Waals surface area contributed by atoms with Crippen LogP contribution < -0.4 is 0 Å². The number of carboxylic acid groups (broad SMARTS) is 1. The van der Waals surface area contributed by atoms with Crippen molar-refractivity contribution in [1.82, 2.24) is 4.57 Å². The first-order valence-corrected chi connectivity index (χ1v) is 5.62. The summed E-state index contributed by atoms with van der Waals surface area (Å²) in [5.74, 6) is -0.901. The van der Waals surface area contributed by atoms with Crippen LogP contribution in [0.4, 0.5) is 0 Å². The van der Waals surface area contributed by atoms with Gasteiger partial charge in [-0.15, -0.1) is 0 Å². The lowest BCUT2D eigenvalue weighted by Crippen LogP contribution is -2.04. The van der Waals surface area contributed by atoms with Crippen LogP contribution >= 0.6 is 11.8 Å². The Kier molecular flexibility index (Phi) is 3.01. The zero-order chi connectivity index (χ0) is 11.5. The zero-order valence-electron chi connectivity index (χ0n) is 8.75. The predicted octanol–water partition coefficient (Wildman–Crippen LogP) is 2.87. The Hall–Kier alpha value is -1.68. The molecular formula is C12H11NO2S. The van der Waals surface area contributed by atoms with Crippen LogP contribution in [0.2, 0.25) is 0 Å². The van der Waals surface area contributed by atoms with Crippen molar-refractivity contribution in [2.24, 2.45) is 7.05 Å². The highest BCUT2D eigenvalue weighted by Crippen LogP contribution is 2.28. The highest BCUT2D eigenvalue weighted by atomic mass is 32.2. The molecule has 4 heteroatoms. The van der Waals surface area contributed by atoms with Gasteiger partial charge >= 0.3 is 5.97 Å². The van der Waals surface area contributed by atoms with E-state index in [1.807, 2.05) is 36.4 Å². The Morgan fingerprint density at radius 3 is 2.44 bits per heavy atom. The van der Waals surface area contributed by atoms with E-state index in [9.17, 15) is 4.79 Å². The molecule has 3 nitrogen and oxygen atoms in total. The molecule has 1 aromatic heterocycles. The standard InChI is InChI=1S/C12H11NO2S/c1-13-10(12(14)15)7-8-11(13)16-9-5-3-2-4-6-9/h2-8H,1H3,(H,14,15). The summed E-state index contributed by atoms with van der Waals surface area (Å²) in [4.78, 5) is 12.0. The summed E-state index contributed by atoms with van der Waals surface area (Å²) < 4.78 is 1.68. The average molecular weight is 233 g/mol. The smallest absolute Gasteiger partial charge is 0.352 e. The zero-order valence-corrected chi connectivity index (χ0v) is 9.57. The van der Waals surface area contributed by atoms with Gasteiger partial charge in [0, 0.05) is 11.9 Å². The minimum atomic E-state index is -0.901. The molecule has 0 fully saturated rings. The number of hydrogen-bond acceptors (Lipinski definition) is 2. The first kappa shape index (κ1) is 10.8. The average Bonchev–Trinajstić information content (AvgIpc) is 2.62. The van der Waals surface area contributed by atoms with E-state index in [0.29, 0.717) is 5.69 Å². The molecule has 0 unspecified atom stereocenters. The third kappa shape index (κ3) is 2.12. The molecule has 0 saturated heterocycles. The summed E-state index contributed by atoms with van der Waals surface area (Å²) in [5.41, 5.74) is 0.304. The maximum absolute atomic E-state index is 10.9. The van der Waals surface area contributed by atoms with Gasteiger partial charge in [-0.1, -0.05) is 30.0 Å². The van der Waals surface area contributed by atoms with Crippen molar-refractivity contribution >= 4 is 17.7 Å². The maximum atomic E-state index is 10.9. The van der Waals surface area contributed by atoms with Crippen molar-refractivity contribution in [2.75, 3.05) is 0 Å². The van der Waals surface area contributed by atoms with E-state index in [0.717, 1.165) is 9.92 Å². The molecule has 2 rings (SSSR count). The lowest BCUT2D eigenvalue weighted by molar-refractivity contribution is 0.0685. The highest BCUT2D eigenvalue weighted by molar-refractivity contribution is 7.99. The van der Waals surface area contributed by atoms with Crippen LogP contribution in [-0.4, -0.2) is 15.6 Å². The third-order valence-corrected chi connectivity index (χ3v) is 3.39. The van der Waals surface area contributed by atoms with Crippen LogP contribution in [0.5, 0.6) is 0 Å². The molecule has 0 aliphatic carbocycles. The second-order valence-electron chi connectivity index (χ2n) is 3.34. The van der Waals surface area contributed by atoms with Crippen LogP contribution in [0.15, 0.2) is 52.4 Å². The fourth-order valence-corrected chi connectivity index (χ4v) is 2.33. The maximum Gasteiger partial charge on any atom is 0.352 e. The summed E-state index contributed by atoms with van der Waals surface area (Å²) in [7, 11) is 1.76. The second kappa shape index (κ2) is 4.45. The Morgan fingerprint density at radius 1 is 1.19 bits per heavy atom. The Balaban J connectivity index is 2.26. The lowest BCUT2D eigenvalue weighted by atomic mass is 10.4. The largest absolute Gasteiger partial charge is 0.477 e. The summed E-state index contributed by atoms with van der Waals surface area (Å²) >= 11 is 1.55. The van der Waals surface area contributed by atoms with Crippen LogP contribution in [-0.2, 0) is 7.05 Å². The monoisotopic (exact) mass is 233 g/mol. The molecule has 0 spiro atoms. The summed E-state index contributed by atoms with van der Waals surface area (Å²) in [6.45, 7) is 0. The molecule has 0 aliphatic heterocycles. The molecule has 16 heavy (non-hydrogen) atoms. The fourth-order valence-electron chi connectivity index (χ4n) is 1.42. The van der Waals surface area contributed by atoms with E-state index in [4.69, 9.17) is 5.11 Å². The summed E-state index contributed by atoms with van der Waals surface area (Å²) in [5, 5.41) is 9.83. The van der Waals surface area contributed by atoms with Gasteiger partial charge < -0.3 is 9.67 Å². The van der Waals surface area contributed by atoms with Crippen molar-refractivity contribution in [1.29, 1.82) is 0 Å². The van der Waals surface area contributed by atoms with Gasteiger partial charge in [0.25, 0.3) is 0 Å². The molecule has 0 bridgehead atoms. The Morgan fingerprint density at radius 2 is 1.88 bits per heavy atom. The topological polar surface area (TPSA) is 42.2 Å². The molecule has 0 aliphatic rings. The molecule has 1 N–H and O–H groups in total. The van der Waals surface area contributed by atoms with Gasteiger partial charge in [-0.2, -0.15) is 0 Å². The van der Waals surface area contributed by atoms with Crippen LogP contribution in [0.25, 0.3) is 0 Å². The summed E-state index contributed by atoms with van der Waals surface area (Å²) in [6, 6.07) is 13.3. The molecule has 0 saturated carbocycles. The Bertz CT molecular complexity index is 505. The van der Waals surface area contributed by atoms with Gasteiger partial charge in [0.15, 0.2) is 0 Å². The van der Waals surface area contributed by atoms with Gasteiger partial charge in [0.1, 0.15) is 5.69 Å². The van der Waals surface area contributed by atoms with E-state index in [2.05, 4.69) is 0 Å². The van der Waals surface area contributed by atoms with Gasteiger partial charge in [0.2, 0.25) is 0 Å². The number of hydrogen-bond donors (Lipinski definition) is 1. The summed E-state index contributed by atoms with van der Waals surface area (Å²) in [6.07, 6.45) is 0. The molecule has 2 aromatic rings. The van der Waals surface area contributed by atoms with Gasteiger partial charge in [0.05, 0.1) is 5.03 Å². The molecule has 1 heterocycles. The first-order chi connectivity index (χ1) is 7.68. The van der Waals surface area contributed by atoms with Gasteiger partial charge in [-0.3, -0.25) is 0 Å². The molecule has 1 aromatic carbocycles. The second-order valence-corrected chi connectivity index (χ2v) is 4.43. The normalized spacial score (nSPS) is 10.3. The number of nitrogens with zero attached hydrogens (tertiary/aromatic N) is 1. The van der Waals surface area contributed by atoms with Crippen LogP contribution in [0, 0.1) is 0 Å². The highest BCUT2D eigenvalue weighted by Gasteiger charge is 2.11. The minimum Gasteiger partial charge on any atom is -0.477 e. The number of aromatic carboxylic acids is 1. The third-order valence-electron chi connectivity index (χ3n) is 2.26. The van der Waals surface area contributed by atoms with E-state index in [1.54, 1.807) is 29.4 Å². The molecular weight excluding hydrogens is 222 g/mol. The van der Waals surface area contributed by atoms with E-state index in [-0.39, 0.29) is 0 Å². The number of rotatable bonds is 3.